The maximum atomic E-state index is 12.4. The van der Waals surface area contributed by atoms with Crippen molar-refractivity contribution < 1.29 is 4.79 Å². The number of carbonyl (C=O) groups excluding carboxylic acids is 1. The summed E-state index contributed by atoms with van der Waals surface area (Å²) in [5, 5.41) is 6.09. The van der Waals surface area contributed by atoms with Gasteiger partial charge in [-0.25, -0.2) is 4.98 Å². The molecule has 0 saturated carbocycles. The molecule has 8 heteroatoms. The van der Waals surface area contributed by atoms with Gasteiger partial charge in [0, 0.05) is 37.8 Å². The highest BCUT2D eigenvalue weighted by atomic mass is 35.5. The van der Waals surface area contributed by atoms with Crippen LogP contribution in [0.5, 0.6) is 0 Å². The summed E-state index contributed by atoms with van der Waals surface area (Å²) in [7, 11) is 0. The number of H-pyrrole nitrogens is 1. The zero-order valence-corrected chi connectivity index (χ0v) is 16.4. The molecule has 28 heavy (non-hydrogen) atoms. The highest BCUT2D eigenvalue weighted by Gasteiger charge is 2.27. The molecular weight excluding hydrogens is 376 g/mol. The molecular formula is C20H23ClN6O. The van der Waals surface area contributed by atoms with Crippen LogP contribution in [0.4, 0.5) is 5.69 Å². The van der Waals surface area contributed by atoms with E-state index in [-0.39, 0.29) is 6.04 Å². The third-order valence-electron chi connectivity index (χ3n) is 5.87. The lowest BCUT2D eigenvalue weighted by atomic mass is 10.1. The van der Waals surface area contributed by atoms with Crippen molar-refractivity contribution in [2.45, 2.75) is 18.9 Å². The standard InChI is InChI=1S/C20H23ClN6O/c21-14-10-24-20-18(13-3-5-22-11-16(13)25-20)19(14)27-8-6-26(7-9-27)12-17(28)15-2-1-4-23-15/h3,5,10-11,15,23H,1-2,4,6-9,12H2,(H,24,25)/t15-/m1/s1. The van der Waals surface area contributed by atoms with E-state index in [4.69, 9.17) is 11.6 Å². The van der Waals surface area contributed by atoms with E-state index in [0.717, 1.165) is 73.2 Å². The number of piperazine rings is 1. The fraction of sp³-hybridized carbons (Fsp3) is 0.450. The van der Waals surface area contributed by atoms with Crippen LogP contribution in [0.1, 0.15) is 12.8 Å². The first-order valence-corrected chi connectivity index (χ1v) is 10.2. The van der Waals surface area contributed by atoms with Gasteiger partial charge in [-0.15, -0.1) is 0 Å². The third kappa shape index (κ3) is 3.13. The van der Waals surface area contributed by atoms with Crippen molar-refractivity contribution in [3.05, 3.63) is 29.7 Å². The van der Waals surface area contributed by atoms with Gasteiger partial charge in [-0.1, -0.05) is 11.6 Å². The average molecular weight is 399 g/mol. The van der Waals surface area contributed by atoms with E-state index in [2.05, 4.69) is 30.1 Å². The van der Waals surface area contributed by atoms with Crippen LogP contribution < -0.4 is 10.2 Å². The van der Waals surface area contributed by atoms with E-state index in [1.165, 1.54) is 0 Å². The number of carbonyl (C=O) groups is 1. The fourth-order valence-corrected chi connectivity index (χ4v) is 4.66. The van der Waals surface area contributed by atoms with Crippen molar-refractivity contribution in [1.82, 2.24) is 25.2 Å². The SMILES string of the molecule is O=C(CN1CCN(c2c(Cl)cnc3[nH]c4cnccc4c23)CC1)[C@H]1CCCN1. The molecule has 2 saturated heterocycles. The number of hydrogen-bond donors (Lipinski definition) is 2. The molecule has 0 aliphatic carbocycles. The smallest absolute Gasteiger partial charge is 0.163 e. The predicted molar refractivity (Wildman–Crippen MR) is 111 cm³/mol. The first-order valence-electron chi connectivity index (χ1n) is 9.84. The topological polar surface area (TPSA) is 77.2 Å². The van der Waals surface area contributed by atoms with Crippen LogP contribution in [0.25, 0.3) is 21.9 Å². The van der Waals surface area contributed by atoms with Gasteiger partial charge in [0.1, 0.15) is 5.65 Å². The molecule has 0 aromatic carbocycles. The summed E-state index contributed by atoms with van der Waals surface area (Å²) in [5.74, 6) is 0.319. The van der Waals surface area contributed by atoms with E-state index < -0.39 is 0 Å². The summed E-state index contributed by atoms with van der Waals surface area (Å²) in [4.78, 5) is 29.0. The van der Waals surface area contributed by atoms with Gasteiger partial charge in [-0.3, -0.25) is 14.7 Å². The molecule has 0 amide bonds. The Morgan fingerprint density at radius 2 is 2.11 bits per heavy atom. The number of halogens is 1. The molecule has 3 aromatic rings. The molecule has 2 aliphatic rings. The average Bonchev–Trinajstić information content (AvgIpc) is 3.37. The van der Waals surface area contributed by atoms with Crippen molar-refractivity contribution >= 4 is 45.0 Å². The molecule has 5 rings (SSSR count). The number of aromatic nitrogens is 3. The van der Waals surface area contributed by atoms with Crippen LogP contribution in [0.15, 0.2) is 24.7 Å². The minimum Gasteiger partial charge on any atom is -0.367 e. The number of fused-ring (bicyclic) bond motifs is 3. The van der Waals surface area contributed by atoms with Gasteiger partial charge in [0.25, 0.3) is 0 Å². The first kappa shape index (κ1) is 17.8. The summed E-state index contributed by atoms with van der Waals surface area (Å²) in [6, 6.07) is 2.05. The highest BCUT2D eigenvalue weighted by Crippen LogP contribution is 2.37. The largest absolute Gasteiger partial charge is 0.367 e. The molecule has 146 valence electrons. The Morgan fingerprint density at radius 3 is 2.89 bits per heavy atom. The Kier molecular flexibility index (Phi) is 4.66. The summed E-state index contributed by atoms with van der Waals surface area (Å²) < 4.78 is 0. The van der Waals surface area contributed by atoms with Gasteiger partial charge < -0.3 is 15.2 Å². The van der Waals surface area contributed by atoms with Crippen molar-refractivity contribution in [1.29, 1.82) is 0 Å². The van der Waals surface area contributed by atoms with Crippen molar-refractivity contribution in [2.24, 2.45) is 0 Å². The molecule has 5 heterocycles. The zero-order chi connectivity index (χ0) is 19.1. The van der Waals surface area contributed by atoms with Crippen LogP contribution in [-0.4, -0.2) is 70.9 Å². The number of nitrogens with zero attached hydrogens (tertiary/aromatic N) is 4. The van der Waals surface area contributed by atoms with Crippen LogP contribution in [0.3, 0.4) is 0 Å². The van der Waals surface area contributed by atoms with Gasteiger partial charge in [-0.05, 0) is 25.5 Å². The van der Waals surface area contributed by atoms with Crippen LogP contribution in [-0.2, 0) is 4.79 Å². The second-order valence-electron chi connectivity index (χ2n) is 7.60. The minimum atomic E-state index is 0.0483. The van der Waals surface area contributed by atoms with E-state index in [1.807, 2.05) is 12.3 Å². The van der Waals surface area contributed by atoms with Gasteiger partial charge in [0.05, 0.1) is 46.6 Å². The molecule has 1 atom stereocenters. The van der Waals surface area contributed by atoms with Crippen molar-refractivity contribution in [3.8, 4) is 0 Å². The summed E-state index contributed by atoms with van der Waals surface area (Å²) >= 11 is 6.59. The zero-order valence-electron chi connectivity index (χ0n) is 15.6. The highest BCUT2D eigenvalue weighted by molar-refractivity contribution is 6.35. The van der Waals surface area contributed by atoms with Crippen molar-refractivity contribution in [3.63, 3.8) is 0 Å². The van der Waals surface area contributed by atoms with Gasteiger partial charge in [0.2, 0.25) is 0 Å². The minimum absolute atomic E-state index is 0.0483. The maximum Gasteiger partial charge on any atom is 0.163 e. The second kappa shape index (κ2) is 7.31. The molecule has 0 unspecified atom stereocenters. The number of rotatable bonds is 4. The molecule has 3 aromatic heterocycles. The Bertz CT molecular complexity index is 1020. The van der Waals surface area contributed by atoms with Crippen LogP contribution in [0, 0.1) is 0 Å². The van der Waals surface area contributed by atoms with Crippen LogP contribution in [0.2, 0.25) is 5.02 Å². The molecule has 0 spiro atoms. The fourth-order valence-electron chi connectivity index (χ4n) is 4.40. The van der Waals surface area contributed by atoms with E-state index in [1.54, 1.807) is 12.4 Å². The maximum absolute atomic E-state index is 12.4. The molecule has 2 fully saturated rings. The Labute approximate surface area is 168 Å². The van der Waals surface area contributed by atoms with E-state index in [0.29, 0.717) is 17.4 Å². The lowest BCUT2D eigenvalue weighted by Gasteiger charge is -2.36. The Hall–Kier alpha value is -2.22. The lowest BCUT2D eigenvalue weighted by Crippen LogP contribution is -2.50. The number of anilines is 1. The molecule has 2 aliphatic heterocycles. The van der Waals surface area contributed by atoms with Gasteiger partial charge >= 0.3 is 0 Å². The number of ketones is 1. The quantitative estimate of drug-likeness (QED) is 0.701. The van der Waals surface area contributed by atoms with E-state index >= 15 is 0 Å². The number of aromatic amines is 1. The molecule has 0 bridgehead atoms. The Morgan fingerprint density at radius 1 is 1.25 bits per heavy atom. The predicted octanol–water partition coefficient (Wildman–Crippen LogP) is 2.21. The molecule has 0 radical (unpaired) electrons. The third-order valence-corrected chi connectivity index (χ3v) is 6.14. The monoisotopic (exact) mass is 398 g/mol. The summed E-state index contributed by atoms with van der Waals surface area (Å²) in [6.07, 6.45) is 7.39. The number of hydrogen-bond acceptors (Lipinski definition) is 6. The first-order chi connectivity index (χ1) is 13.7. The molecule has 2 N–H and O–H groups in total. The number of Topliss-reactive ketones (excluding diaryl/α,β-unsaturated/α-hetero) is 1. The van der Waals surface area contributed by atoms with Crippen LogP contribution >= 0.6 is 11.6 Å². The van der Waals surface area contributed by atoms with E-state index in [9.17, 15) is 4.79 Å². The molecule has 7 nitrogen and oxygen atoms in total. The second-order valence-corrected chi connectivity index (χ2v) is 8.01. The summed E-state index contributed by atoms with van der Waals surface area (Å²) in [5.41, 5.74) is 2.81. The van der Waals surface area contributed by atoms with Crippen molar-refractivity contribution in [2.75, 3.05) is 44.2 Å². The van der Waals surface area contributed by atoms with Gasteiger partial charge in [0.15, 0.2) is 5.78 Å². The number of pyridine rings is 2. The van der Waals surface area contributed by atoms with Gasteiger partial charge in [-0.2, -0.15) is 0 Å². The summed E-state index contributed by atoms with van der Waals surface area (Å²) in [6.45, 7) is 4.86. The Balaban J connectivity index is 1.37. The lowest BCUT2D eigenvalue weighted by molar-refractivity contribution is -0.121. The number of nitrogens with one attached hydrogen (secondary N) is 2. The normalized spacial score (nSPS) is 21.0.